The Morgan fingerprint density at radius 3 is 2.68 bits per heavy atom. The minimum absolute atomic E-state index is 0.168. The molecule has 0 bridgehead atoms. The van der Waals surface area contributed by atoms with Crippen molar-refractivity contribution in [2.45, 2.75) is 25.2 Å². The fraction of sp³-hybridized carbons (Fsp3) is 0.500. The third-order valence-corrected chi connectivity index (χ3v) is 5.42. The normalized spacial score (nSPS) is 23.5. The number of hydrogen-bond acceptors (Lipinski definition) is 3. The van der Waals surface area contributed by atoms with Crippen LogP contribution in [0.2, 0.25) is 0 Å². The summed E-state index contributed by atoms with van der Waals surface area (Å²) in [6, 6.07) is 9.96. The van der Waals surface area contributed by atoms with Gasteiger partial charge in [-0.15, -0.1) is 0 Å². The molecule has 5 heteroatoms. The maximum absolute atomic E-state index is 12.7. The van der Waals surface area contributed by atoms with E-state index >= 15 is 0 Å². The lowest BCUT2D eigenvalue weighted by Gasteiger charge is -2.32. The Labute approximate surface area is 148 Å². The molecule has 4 rings (SSSR count). The molecule has 1 aliphatic heterocycles. The van der Waals surface area contributed by atoms with Crippen LogP contribution < -0.4 is 4.74 Å². The topological polar surface area (TPSA) is 47.4 Å². The van der Waals surface area contributed by atoms with Crippen molar-refractivity contribution in [3.8, 4) is 5.75 Å². The van der Waals surface area contributed by atoms with E-state index in [1.165, 1.54) is 5.56 Å². The molecule has 2 fully saturated rings. The van der Waals surface area contributed by atoms with Crippen LogP contribution >= 0.6 is 0 Å². The first kappa shape index (κ1) is 16.2. The Balaban J connectivity index is 1.23. The number of hydrogen-bond donors (Lipinski definition) is 0. The van der Waals surface area contributed by atoms with Crippen LogP contribution in [0.5, 0.6) is 5.75 Å². The van der Waals surface area contributed by atoms with Crippen LogP contribution in [0.25, 0.3) is 0 Å². The van der Waals surface area contributed by atoms with Gasteiger partial charge in [-0.1, -0.05) is 18.2 Å². The zero-order valence-corrected chi connectivity index (χ0v) is 14.7. The summed E-state index contributed by atoms with van der Waals surface area (Å²) in [5.41, 5.74) is 1.20. The van der Waals surface area contributed by atoms with Crippen molar-refractivity contribution in [3.05, 3.63) is 48.3 Å². The molecular formula is C20H25N3O2. The van der Waals surface area contributed by atoms with Crippen molar-refractivity contribution in [1.82, 2.24) is 14.7 Å². The van der Waals surface area contributed by atoms with Crippen LogP contribution in [0.15, 0.2) is 42.7 Å². The lowest BCUT2D eigenvalue weighted by Crippen LogP contribution is -2.40. The number of ether oxygens (including phenoxy) is 1. The number of likely N-dealkylation sites (tertiary alicyclic amines) is 1. The van der Waals surface area contributed by atoms with Gasteiger partial charge in [0.1, 0.15) is 5.75 Å². The average molecular weight is 339 g/mol. The van der Waals surface area contributed by atoms with Gasteiger partial charge in [-0.2, -0.15) is 5.10 Å². The molecule has 132 valence electrons. The lowest BCUT2D eigenvalue weighted by molar-refractivity contribution is -0.134. The maximum atomic E-state index is 12.7. The van der Waals surface area contributed by atoms with Gasteiger partial charge in [-0.25, -0.2) is 0 Å². The zero-order chi connectivity index (χ0) is 17.2. The molecule has 1 saturated heterocycles. The van der Waals surface area contributed by atoms with E-state index in [4.69, 9.17) is 4.74 Å². The fourth-order valence-corrected chi connectivity index (χ4v) is 3.75. The first-order valence-corrected chi connectivity index (χ1v) is 9.16. The van der Waals surface area contributed by atoms with Crippen molar-refractivity contribution in [3.63, 3.8) is 0 Å². The highest BCUT2D eigenvalue weighted by Gasteiger charge is 2.46. The molecular weight excluding hydrogens is 314 g/mol. The van der Waals surface area contributed by atoms with Gasteiger partial charge in [0.05, 0.1) is 12.8 Å². The third-order valence-electron chi connectivity index (χ3n) is 5.42. The summed E-state index contributed by atoms with van der Waals surface area (Å²) in [6.45, 7) is 2.46. The van der Waals surface area contributed by atoms with E-state index < -0.39 is 0 Å². The minimum atomic E-state index is 0.168. The summed E-state index contributed by atoms with van der Waals surface area (Å²) in [6.07, 6.45) is 6.96. The summed E-state index contributed by atoms with van der Waals surface area (Å²) >= 11 is 0. The number of aryl methyl sites for hydroxylation is 1. The highest BCUT2D eigenvalue weighted by atomic mass is 16.5. The molecule has 2 aliphatic rings. The molecule has 5 nitrogen and oxygen atoms in total. The Morgan fingerprint density at radius 2 is 2.00 bits per heavy atom. The van der Waals surface area contributed by atoms with Crippen LogP contribution in [0.4, 0.5) is 0 Å². The summed E-state index contributed by atoms with van der Waals surface area (Å²) < 4.78 is 7.68. The lowest BCUT2D eigenvalue weighted by atomic mass is 9.97. The molecule has 1 saturated carbocycles. The SMILES string of the molecule is Cn1cc([C@@H]2C[C@@H]2C(=O)N2CCC(COc3ccccc3)CC2)cn1. The summed E-state index contributed by atoms with van der Waals surface area (Å²) in [5.74, 6) is 2.34. The average Bonchev–Trinajstić information content (AvgIpc) is 3.34. The number of carbonyl (C=O) groups excluding carboxylic acids is 1. The van der Waals surface area contributed by atoms with E-state index in [0.29, 0.717) is 17.7 Å². The van der Waals surface area contributed by atoms with E-state index in [9.17, 15) is 4.79 Å². The van der Waals surface area contributed by atoms with Crippen molar-refractivity contribution in [2.75, 3.05) is 19.7 Å². The molecule has 1 aromatic heterocycles. The van der Waals surface area contributed by atoms with E-state index in [1.54, 1.807) is 0 Å². The van der Waals surface area contributed by atoms with Crippen molar-refractivity contribution in [1.29, 1.82) is 0 Å². The molecule has 2 atom stereocenters. The van der Waals surface area contributed by atoms with Gasteiger partial charge in [-0.05, 0) is 48.8 Å². The predicted molar refractivity (Wildman–Crippen MR) is 95.3 cm³/mol. The summed E-state index contributed by atoms with van der Waals surface area (Å²) in [4.78, 5) is 14.8. The Kier molecular flexibility index (Phi) is 4.47. The van der Waals surface area contributed by atoms with Crippen LogP contribution in [0, 0.1) is 11.8 Å². The van der Waals surface area contributed by atoms with Crippen LogP contribution in [0.1, 0.15) is 30.7 Å². The van der Waals surface area contributed by atoms with Gasteiger partial charge < -0.3 is 9.64 Å². The summed E-state index contributed by atoms with van der Waals surface area (Å²) in [5, 5.41) is 4.22. The van der Waals surface area contributed by atoms with Crippen LogP contribution in [-0.2, 0) is 11.8 Å². The Morgan fingerprint density at radius 1 is 1.24 bits per heavy atom. The van der Waals surface area contributed by atoms with Gasteiger partial charge >= 0.3 is 0 Å². The van der Waals surface area contributed by atoms with Crippen molar-refractivity contribution in [2.24, 2.45) is 18.9 Å². The van der Waals surface area contributed by atoms with Crippen LogP contribution in [-0.4, -0.2) is 40.3 Å². The molecule has 0 radical (unpaired) electrons. The first-order valence-electron chi connectivity index (χ1n) is 9.16. The first-order chi connectivity index (χ1) is 12.2. The largest absolute Gasteiger partial charge is 0.493 e. The second-order valence-electron chi connectivity index (χ2n) is 7.29. The number of rotatable bonds is 5. The highest BCUT2D eigenvalue weighted by molar-refractivity contribution is 5.83. The molecule has 25 heavy (non-hydrogen) atoms. The zero-order valence-electron chi connectivity index (χ0n) is 14.7. The minimum Gasteiger partial charge on any atom is -0.493 e. The second kappa shape index (κ2) is 6.90. The predicted octanol–water partition coefficient (Wildman–Crippen LogP) is 2.84. The molecule has 2 aromatic rings. The maximum Gasteiger partial charge on any atom is 0.226 e. The Bertz CT molecular complexity index is 720. The second-order valence-corrected chi connectivity index (χ2v) is 7.29. The molecule has 0 unspecified atom stereocenters. The Hall–Kier alpha value is -2.30. The summed E-state index contributed by atoms with van der Waals surface area (Å²) in [7, 11) is 1.92. The number of benzene rings is 1. The van der Waals surface area contributed by atoms with E-state index in [1.807, 2.05) is 54.5 Å². The smallest absolute Gasteiger partial charge is 0.226 e. The molecule has 1 aromatic carbocycles. The third kappa shape index (κ3) is 3.70. The van der Waals surface area contributed by atoms with Gasteiger partial charge in [0.2, 0.25) is 5.91 Å². The number of amides is 1. The number of piperidine rings is 1. The molecule has 0 N–H and O–H groups in total. The van der Waals surface area contributed by atoms with Gasteiger partial charge in [-0.3, -0.25) is 9.48 Å². The van der Waals surface area contributed by atoms with Gasteiger partial charge in [0, 0.05) is 32.3 Å². The van der Waals surface area contributed by atoms with Crippen molar-refractivity contribution >= 4 is 5.91 Å². The number of nitrogens with zero attached hydrogens (tertiary/aromatic N) is 3. The van der Waals surface area contributed by atoms with E-state index in [0.717, 1.165) is 44.7 Å². The fourth-order valence-electron chi connectivity index (χ4n) is 3.75. The highest BCUT2D eigenvalue weighted by Crippen LogP contribution is 2.48. The molecule has 1 aliphatic carbocycles. The molecule has 0 spiro atoms. The number of para-hydroxylation sites is 1. The molecule has 1 amide bonds. The van der Waals surface area contributed by atoms with Gasteiger partial charge in [0.15, 0.2) is 0 Å². The number of carbonyl (C=O) groups is 1. The number of aromatic nitrogens is 2. The quantitative estimate of drug-likeness (QED) is 0.841. The monoisotopic (exact) mass is 339 g/mol. The van der Waals surface area contributed by atoms with Crippen molar-refractivity contribution < 1.29 is 9.53 Å². The van der Waals surface area contributed by atoms with E-state index in [2.05, 4.69) is 10.00 Å². The van der Waals surface area contributed by atoms with Gasteiger partial charge in [0.25, 0.3) is 0 Å². The standard InChI is InChI=1S/C20H25N3O2/c1-22-13-16(12-21-22)18-11-19(18)20(24)23-9-7-15(8-10-23)14-25-17-5-3-2-4-6-17/h2-6,12-13,15,18-19H,7-11,14H2,1H3/t18-,19-/m0/s1. The van der Waals surface area contributed by atoms with E-state index in [-0.39, 0.29) is 5.92 Å². The van der Waals surface area contributed by atoms with Crippen LogP contribution in [0.3, 0.4) is 0 Å². The molecule has 2 heterocycles.